The third-order valence-electron chi connectivity index (χ3n) is 6.99. The average molecular weight is 379 g/mol. The summed E-state index contributed by atoms with van der Waals surface area (Å²) in [5, 5.41) is 0. The number of nitrogens with zero attached hydrogens (tertiary/aromatic N) is 4. The van der Waals surface area contributed by atoms with E-state index in [4.69, 9.17) is 4.98 Å². The van der Waals surface area contributed by atoms with Crippen molar-refractivity contribution in [2.24, 2.45) is 0 Å². The van der Waals surface area contributed by atoms with Crippen LogP contribution in [-0.2, 0) is 24.3 Å². The molecule has 1 aromatic carbocycles. The molecule has 0 N–H and O–H groups in total. The van der Waals surface area contributed by atoms with Crippen LogP contribution in [0.15, 0.2) is 30.3 Å². The zero-order valence-corrected chi connectivity index (χ0v) is 17.0. The molecule has 5 heteroatoms. The fourth-order valence-electron chi connectivity index (χ4n) is 5.91. The Bertz CT molecular complexity index is 860. The largest absolute Gasteiger partial charge is 0.337 e. The summed E-state index contributed by atoms with van der Waals surface area (Å²) in [5.74, 6) is 1.41. The Balaban J connectivity index is 1.38. The number of hydrogen-bond donors (Lipinski definition) is 0. The molecule has 0 radical (unpaired) electrons. The van der Waals surface area contributed by atoms with E-state index in [1.54, 1.807) is 6.92 Å². The highest BCUT2D eigenvalue weighted by atomic mass is 16.2. The molecule has 2 saturated heterocycles. The van der Waals surface area contributed by atoms with Gasteiger partial charge in [0.25, 0.3) is 0 Å². The predicted molar refractivity (Wildman–Crippen MR) is 109 cm³/mol. The zero-order chi connectivity index (χ0) is 19.3. The first-order chi connectivity index (χ1) is 13.6. The fourth-order valence-corrected chi connectivity index (χ4v) is 5.91. The lowest BCUT2D eigenvalue weighted by molar-refractivity contribution is -0.133. The Morgan fingerprint density at radius 2 is 1.82 bits per heavy atom. The molecule has 0 spiro atoms. The summed E-state index contributed by atoms with van der Waals surface area (Å²) in [6.07, 6.45) is 5.53. The number of benzene rings is 1. The topological polar surface area (TPSA) is 41.4 Å². The first-order valence-corrected chi connectivity index (χ1v) is 10.7. The highest BCUT2D eigenvalue weighted by Gasteiger charge is 2.43. The Kier molecular flexibility index (Phi) is 4.50. The first kappa shape index (κ1) is 17.9. The molecule has 5 nitrogen and oxygen atoms in total. The molecule has 0 saturated carbocycles. The number of piperidine rings is 1. The van der Waals surface area contributed by atoms with Gasteiger partial charge in [-0.15, -0.1) is 0 Å². The van der Waals surface area contributed by atoms with Gasteiger partial charge in [0.2, 0.25) is 5.91 Å². The van der Waals surface area contributed by atoms with Gasteiger partial charge in [-0.05, 0) is 38.2 Å². The second-order valence-corrected chi connectivity index (χ2v) is 8.81. The van der Waals surface area contributed by atoms with Crippen molar-refractivity contribution in [3.8, 4) is 0 Å². The Labute approximate surface area is 167 Å². The Morgan fingerprint density at radius 1 is 1.11 bits per heavy atom. The second kappa shape index (κ2) is 7.03. The molecule has 0 aliphatic carbocycles. The highest BCUT2D eigenvalue weighted by molar-refractivity contribution is 5.74. The molecule has 2 aromatic rings. The van der Waals surface area contributed by atoms with Crippen molar-refractivity contribution in [1.82, 2.24) is 19.4 Å². The van der Waals surface area contributed by atoms with Crippen LogP contribution in [0.25, 0.3) is 0 Å². The van der Waals surface area contributed by atoms with Gasteiger partial charge >= 0.3 is 0 Å². The van der Waals surface area contributed by atoms with Crippen LogP contribution in [0.4, 0.5) is 0 Å². The maximum atomic E-state index is 12.1. The van der Waals surface area contributed by atoms with Crippen molar-refractivity contribution in [1.29, 1.82) is 0 Å². The lowest BCUT2D eigenvalue weighted by Gasteiger charge is -2.40. The first-order valence-electron chi connectivity index (χ1n) is 10.7. The maximum Gasteiger partial charge on any atom is 0.219 e. The van der Waals surface area contributed by atoms with E-state index in [0.29, 0.717) is 18.1 Å². The van der Waals surface area contributed by atoms with E-state index >= 15 is 0 Å². The molecule has 3 atom stereocenters. The van der Waals surface area contributed by atoms with E-state index in [-0.39, 0.29) is 5.91 Å². The molecule has 1 unspecified atom stereocenters. The molecule has 2 bridgehead atoms. The summed E-state index contributed by atoms with van der Waals surface area (Å²) < 4.78 is 2.54. The summed E-state index contributed by atoms with van der Waals surface area (Å²) in [6.45, 7) is 6.95. The van der Waals surface area contributed by atoms with Crippen molar-refractivity contribution in [3.05, 3.63) is 53.1 Å². The molecule has 2 fully saturated rings. The predicted octanol–water partition coefficient (Wildman–Crippen LogP) is 3.46. The monoisotopic (exact) mass is 378 g/mol. The van der Waals surface area contributed by atoms with Crippen LogP contribution < -0.4 is 0 Å². The number of rotatable bonds is 3. The minimum atomic E-state index is 0.254. The highest BCUT2D eigenvalue weighted by Crippen LogP contribution is 2.42. The van der Waals surface area contributed by atoms with E-state index in [1.807, 2.05) is 0 Å². The average Bonchev–Trinajstić information content (AvgIpc) is 3.15. The number of fused-ring (bicyclic) bond motifs is 3. The lowest BCUT2D eigenvalue weighted by Crippen LogP contribution is -2.46. The van der Waals surface area contributed by atoms with Crippen LogP contribution in [-0.4, -0.2) is 43.9 Å². The summed E-state index contributed by atoms with van der Waals surface area (Å²) in [6, 6.07) is 12.1. The molecule has 4 heterocycles. The normalized spacial score (nSPS) is 27.1. The van der Waals surface area contributed by atoms with Gasteiger partial charge < -0.3 is 9.47 Å². The van der Waals surface area contributed by atoms with Crippen LogP contribution in [0, 0.1) is 6.92 Å². The molecule has 1 amide bonds. The third-order valence-corrected chi connectivity index (χ3v) is 6.99. The van der Waals surface area contributed by atoms with Crippen molar-refractivity contribution >= 4 is 5.91 Å². The second-order valence-electron chi connectivity index (χ2n) is 8.81. The molecule has 1 aromatic heterocycles. The summed E-state index contributed by atoms with van der Waals surface area (Å²) >= 11 is 0. The fraction of sp³-hybridized carbons (Fsp3) is 0.565. The van der Waals surface area contributed by atoms with Crippen LogP contribution in [0.1, 0.15) is 61.4 Å². The zero-order valence-electron chi connectivity index (χ0n) is 17.0. The van der Waals surface area contributed by atoms with Crippen molar-refractivity contribution in [3.63, 3.8) is 0 Å². The molecule has 148 valence electrons. The van der Waals surface area contributed by atoms with Gasteiger partial charge in [0.15, 0.2) is 0 Å². The van der Waals surface area contributed by atoms with Gasteiger partial charge in [0.1, 0.15) is 5.82 Å². The molecule has 3 aliphatic rings. The summed E-state index contributed by atoms with van der Waals surface area (Å²) in [7, 11) is 0. The standard InChI is InChI=1S/C23H30N4O/c1-16-24-22-10-11-25(14-18-6-4-3-5-7-18)15-23(22)26(16)21-12-19-8-9-20(13-21)27(19)17(2)28/h3-7,19-21H,8-15H2,1-2H3/t19-,20+,21?. The van der Waals surface area contributed by atoms with E-state index in [0.717, 1.165) is 57.6 Å². The number of imidazole rings is 1. The number of carbonyl (C=O) groups excluding carboxylic acids is 1. The van der Waals surface area contributed by atoms with Crippen molar-refractivity contribution in [2.45, 2.75) is 77.2 Å². The van der Waals surface area contributed by atoms with Gasteiger partial charge in [-0.3, -0.25) is 9.69 Å². The Morgan fingerprint density at radius 3 is 2.50 bits per heavy atom. The minimum Gasteiger partial charge on any atom is -0.337 e. The van der Waals surface area contributed by atoms with Gasteiger partial charge in [-0.1, -0.05) is 30.3 Å². The van der Waals surface area contributed by atoms with Gasteiger partial charge in [-0.2, -0.15) is 0 Å². The number of carbonyl (C=O) groups is 1. The Hall–Kier alpha value is -2.14. The summed E-state index contributed by atoms with van der Waals surface area (Å²) in [4.78, 5) is 21.7. The lowest BCUT2D eigenvalue weighted by atomic mass is 9.96. The molecule has 3 aliphatic heterocycles. The van der Waals surface area contributed by atoms with Crippen molar-refractivity contribution < 1.29 is 4.79 Å². The van der Waals surface area contributed by atoms with Crippen LogP contribution in [0.5, 0.6) is 0 Å². The van der Waals surface area contributed by atoms with Gasteiger partial charge in [0.05, 0.1) is 11.4 Å². The molecular weight excluding hydrogens is 348 g/mol. The molecular formula is C23H30N4O. The van der Waals surface area contributed by atoms with E-state index in [1.165, 1.54) is 17.0 Å². The summed E-state index contributed by atoms with van der Waals surface area (Å²) in [5.41, 5.74) is 4.09. The molecule has 28 heavy (non-hydrogen) atoms. The van der Waals surface area contributed by atoms with Crippen molar-refractivity contribution in [2.75, 3.05) is 6.54 Å². The number of amides is 1. The minimum absolute atomic E-state index is 0.254. The van der Waals surface area contributed by atoms with E-state index in [2.05, 4.69) is 51.6 Å². The molecule has 5 rings (SSSR count). The maximum absolute atomic E-state index is 12.1. The van der Waals surface area contributed by atoms with Crippen LogP contribution in [0.2, 0.25) is 0 Å². The van der Waals surface area contributed by atoms with E-state index < -0.39 is 0 Å². The third kappa shape index (κ3) is 3.06. The number of aromatic nitrogens is 2. The van der Waals surface area contributed by atoms with Gasteiger partial charge in [-0.25, -0.2) is 4.98 Å². The number of aryl methyl sites for hydroxylation is 1. The number of hydrogen-bond acceptors (Lipinski definition) is 3. The smallest absolute Gasteiger partial charge is 0.219 e. The van der Waals surface area contributed by atoms with Crippen LogP contribution in [0.3, 0.4) is 0 Å². The van der Waals surface area contributed by atoms with Gasteiger partial charge in [0, 0.05) is 51.1 Å². The quantitative estimate of drug-likeness (QED) is 0.821. The van der Waals surface area contributed by atoms with Crippen LogP contribution >= 0.6 is 0 Å². The SMILES string of the molecule is CC(=O)N1[C@@H]2CC[C@H]1CC(n1c(C)nc3c1CN(Cc1ccccc1)CC3)C2. The van der Waals surface area contributed by atoms with E-state index in [9.17, 15) is 4.79 Å².